The van der Waals surface area contributed by atoms with E-state index in [0.717, 1.165) is 29.7 Å². The summed E-state index contributed by atoms with van der Waals surface area (Å²) in [5.74, 6) is 0.826. The fourth-order valence-corrected chi connectivity index (χ4v) is 3.86. The van der Waals surface area contributed by atoms with Crippen LogP contribution < -0.4 is 9.46 Å². The largest absolute Gasteiger partial charge is 0.491 e. The summed E-state index contributed by atoms with van der Waals surface area (Å²) in [6.07, 6.45) is 4.38. The van der Waals surface area contributed by atoms with Crippen LogP contribution in [0.3, 0.4) is 0 Å². The molecule has 1 aromatic heterocycles. The van der Waals surface area contributed by atoms with Gasteiger partial charge in [-0.05, 0) is 49.9 Å². The van der Waals surface area contributed by atoms with Crippen LogP contribution in [0.4, 0.5) is 0 Å². The van der Waals surface area contributed by atoms with Gasteiger partial charge in [-0.2, -0.15) is 5.10 Å². The average Bonchev–Trinajstić information content (AvgIpc) is 3.08. The average molecular weight is 321 g/mol. The molecule has 0 saturated heterocycles. The standard InChI is InChI=1S/C15H19N3O3S/c1-10(2)21-12-4-5-14-11(7-12)3-6-15(14)18-22(19,20)13-8-16-17-9-13/h4-5,7-10,15,18H,3,6H2,1-2H3,(H,16,17). The van der Waals surface area contributed by atoms with E-state index in [1.165, 1.54) is 12.4 Å². The second-order valence-corrected chi connectivity index (χ2v) is 7.39. The predicted octanol–water partition coefficient (Wildman–Crippen LogP) is 2.16. The van der Waals surface area contributed by atoms with Crippen LogP contribution in [0.1, 0.15) is 37.4 Å². The summed E-state index contributed by atoms with van der Waals surface area (Å²) in [5.41, 5.74) is 2.15. The van der Waals surface area contributed by atoms with Crippen LogP contribution in [0.25, 0.3) is 0 Å². The SMILES string of the molecule is CC(C)Oc1ccc2c(c1)CCC2NS(=O)(=O)c1cn[nH]c1. The summed E-state index contributed by atoms with van der Waals surface area (Å²) in [4.78, 5) is 0.153. The molecule has 6 nitrogen and oxygen atoms in total. The Bertz CT molecular complexity index is 754. The Labute approximate surface area is 129 Å². The number of ether oxygens (including phenoxy) is 1. The number of hydrogen-bond acceptors (Lipinski definition) is 4. The number of aromatic nitrogens is 2. The number of aryl methyl sites for hydroxylation is 1. The molecule has 0 radical (unpaired) electrons. The third kappa shape index (κ3) is 3.00. The number of fused-ring (bicyclic) bond motifs is 1. The Balaban J connectivity index is 1.80. The molecule has 1 aliphatic carbocycles. The molecule has 1 heterocycles. The molecule has 118 valence electrons. The van der Waals surface area contributed by atoms with Crippen molar-refractivity contribution < 1.29 is 13.2 Å². The van der Waals surface area contributed by atoms with E-state index in [0.29, 0.717) is 0 Å². The van der Waals surface area contributed by atoms with Crippen molar-refractivity contribution in [2.45, 2.75) is 43.7 Å². The molecular formula is C15H19N3O3S. The number of aromatic amines is 1. The second-order valence-electron chi connectivity index (χ2n) is 5.67. The van der Waals surface area contributed by atoms with Gasteiger partial charge in [0.05, 0.1) is 12.3 Å². The lowest BCUT2D eigenvalue weighted by atomic mass is 10.1. The van der Waals surface area contributed by atoms with E-state index in [1.807, 2.05) is 32.0 Å². The highest BCUT2D eigenvalue weighted by Gasteiger charge is 2.28. The molecular weight excluding hydrogens is 302 g/mol. The highest BCUT2D eigenvalue weighted by molar-refractivity contribution is 7.89. The third-order valence-corrected chi connectivity index (χ3v) is 5.08. The van der Waals surface area contributed by atoms with E-state index in [1.54, 1.807) is 0 Å². The highest BCUT2D eigenvalue weighted by atomic mass is 32.2. The van der Waals surface area contributed by atoms with Gasteiger partial charge in [-0.3, -0.25) is 5.10 Å². The van der Waals surface area contributed by atoms with E-state index >= 15 is 0 Å². The molecule has 22 heavy (non-hydrogen) atoms. The normalized spacial score (nSPS) is 17.7. The first-order valence-electron chi connectivity index (χ1n) is 7.26. The van der Waals surface area contributed by atoms with Gasteiger partial charge in [-0.1, -0.05) is 6.07 Å². The van der Waals surface area contributed by atoms with E-state index in [-0.39, 0.29) is 17.0 Å². The van der Waals surface area contributed by atoms with Gasteiger partial charge in [0.25, 0.3) is 0 Å². The van der Waals surface area contributed by atoms with Crippen molar-refractivity contribution >= 4 is 10.0 Å². The first kappa shape index (κ1) is 15.1. The van der Waals surface area contributed by atoms with Crippen LogP contribution in [0.2, 0.25) is 0 Å². The zero-order chi connectivity index (χ0) is 15.7. The summed E-state index contributed by atoms with van der Waals surface area (Å²) in [6.45, 7) is 3.96. The minimum absolute atomic E-state index is 0.120. The molecule has 2 N–H and O–H groups in total. The number of benzene rings is 1. The molecule has 1 unspecified atom stereocenters. The summed E-state index contributed by atoms with van der Waals surface area (Å²) in [5, 5.41) is 6.21. The predicted molar refractivity (Wildman–Crippen MR) is 82.2 cm³/mol. The van der Waals surface area contributed by atoms with Crippen LogP contribution in [-0.2, 0) is 16.4 Å². The Morgan fingerprint density at radius 2 is 2.23 bits per heavy atom. The zero-order valence-corrected chi connectivity index (χ0v) is 13.4. The van der Waals surface area contributed by atoms with Gasteiger partial charge >= 0.3 is 0 Å². The Morgan fingerprint density at radius 1 is 1.41 bits per heavy atom. The van der Waals surface area contributed by atoms with Crippen molar-refractivity contribution in [3.05, 3.63) is 41.7 Å². The fraction of sp³-hybridized carbons (Fsp3) is 0.400. The quantitative estimate of drug-likeness (QED) is 0.884. The molecule has 1 aliphatic rings. The van der Waals surface area contributed by atoms with Crippen LogP contribution in [0.5, 0.6) is 5.75 Å². The number of nitrogens with one attached hydrogen (secondary N) is 2. The summed E-state index contributed by atoms with van der Waals surface area (Å²) in [6, 6.07) is 5.64. The van der Waals surface area contributed by atoms with Crippen LogP contribution in [0, 0.1) is 0 Å². The molecule has 0 saturated carbocycles. The summed E-state index contributed by atoms with van der Waals surface area (Å²) < 4.78 is 33.0. The maximum Gasteiger partial charge on any atom is 0.244 e. The first-order chi connectivity index (χ1) is 10.5. The topological polar surface area (TPSA) is 84.1 Å². The lowest BCUT2D eigenvalue weighted by Gasteiger charge is -2.15. The first-order valence-corrected chi connectivity index (χ1v) is 8.74. The van der Waals surface area contributed by atoms with Gasteiger partial charge in [0.15, 0.2) is 0 Å². The van der Waals surface area contributed by atoms with Gasteiger partial charge in [0.2, 0.25) is 10.0 Å². The lowest BCUT2D eigenvalue weighted by Crippen LogP contribution is -2.27. The number of rotatable bonds is 5. The monoisotopic (exact) mass is 321 g/mol. The molecule has 0 bridgehead atoms. The zero-order valence-electron chi connectivity index (χ0n) is 12.5. The summed E-state index contributed by atoms with van der Waals surface area (Å²) >= 11 is 0. The van der Waals surface area contributed by atoms with E-state index in [4.69, 9.17) is 4.74 Å². The van der Waals surface area contributed by atoms with Gasteiger partial charge in [-0.25, -0.2) is 13.1 Å². The van der Waals surface area contributed by atoms with Crippen LogP contribution in [0.15, 0.2) is 35.5 Å². The molecule has 0 spiro atoms. The van der Waals surface area contributed by atoms with Crippen LogP contribution >= 0.6 is 0 Å². The molecule has 2 aromatic rings. The molecule has 0 amide bonds. The van der Waals surface area contributed by atoms with Crippen molar-refractivity contribution in [2.75, 3.05) is 0 Å². The molecule has 1 aromatic carbocycles. The van der Waals surface area contributed by atoms with Crippen LogP contribution in [-0.4, -0.2) is 24.7 Å². The van der Waals surface area contributed by atoms with Crippen molar-refractivity contribution in [3.8, 4) is 5.75 Å². The number of sulfonamides is 1. The Morgan fingerprint density at radius 3 is 2.91 bits per heavy atom. The van der Waals surface area contributed by atoms with Gasteiger partial charge < -0.3 is 4.74 Å². The number of hydrogen-bond donors (Lipinski definition) is 2. The van der Waals surface area contributed by atoms with E-state index in [2.05, 4.69) is 14.9 Å². The van der Waals surface area contributed by atoms with Crippen molar-refractivity contribution in [1.29, 1.82) is 0 Å². The maximum absolute atomic E-state index is 12.3. The molecule has 1 atom stereocenters. The number of nitrogens with zero attached hydrogens (tertiary/aromatic N) is 1. The minimum Gasteiger partial charge on any atom is -0.491 e. The minimum atomic E-state index is -3.55. The van der Waals surface area contributed by atoms with Gasteiger partial charge in [0, 0.05) is 12.2 Å². The van der Waals surface area contributed by atoms with Gasteiger partial charge in [0.1, 0.15) is 10.6 Å². The van der Waals surface area contributed by atoms with Gasteiger partial charge in [-0.15, -0.1) is 0 Å². The number of H-pyrrole nitrogens is 1. The molecule has 0 aliphatic heterocycles. The molecule has 3 rings (SSSR count). The highest BCUT2D eigenvalue weighted by Crippen LogP contribution is 2.34. The van der Waals surface area contributed by atoms with Crippen molar-refractivity contribution in [3.63, 3.8) is 0 Å². The van der Waals surface area contributed by atoms with E-state index in [9.17, 15) is 8.42 Å². The maximum atomic E-state index is 12.3. The Hall–Kier alpha value is -1.86. The molecule has 0 fully saturated rings. The fourth-order valence-electron chi connectivity index (χ4n) is 2.70. The Kier molecular flexibility index (Phi) is 3.92. The van der Waals surface area contributed by atoms with Crippen molar-refractivity contribution in [2.24, 2.45) is 0 Å². The summed E-state index contributed by atoms with van der Waals surface area (Å²) in [7, 11) is -3.55. The van der Waals surface area contributed by atoms with Crippen molar-refractivity contribution in [1.82, 2.24) is 14.9 Å². The second kappa shape index (κ2) is 5.73. The lowest BCUT2D eigenvalue weighted by molar-refractivity contribution is 0.242. The van der Waals surface area contributed by atoms with E-state index < -0.39 is 10.0 Å². The smallest absolute Gasteiger partial charge is 0.244 e. The third-order valence-electron chi connectivity index (χ3n) is 3.64. The molecule has 7 heteroatoms.